The molecule has 1 unspecified atom stereocenters. The molecule has 0 bridgehead atoms. The molecule has 0 radical (unpaired) electrons. The molecular formula is C16H32O3. The molecule has 0 aromatic rings. The molecule has 19 heavy (non-hydrogen) atoms. The van der Waals surface area contributed by atoms with Gasteiger partial charge in [-0.25, -0.2) is 0 Å². The van der Waals surface area contributed by atoms with E-state index in [1.54, 1.807) is 0 Å². The van der Waals surface area contributed by atoms with Crippen molar-refractivity contribution in [2.24, 2.45) is 5.92 Å². The third-order valence-corrected chi connectivity index (χ3v) is 3.77. The number of aliphatic carboxylic acids is 1. The molecule has 0 aliphatic rings. The molecule has 0 saturated heterocycles. The summed E-state index contributed by atoms with van der Waals surface area (Å²) in [6, 6.07) is 0. The van der Waals surface area contributed by atoms with Gasteiger partial charge >= 0.3 is 5.97 Å². The molecular weight excluding hydrogens is 240 g/mol. The van der Waals surface area contributed by atoms with Crippen molar-refractivity contribution in [2.75, 3.05) is 6.61 Å². The Hall–Kier alpha value is -0.570. The van der Waals surface area contributed by atoms with E-state index in [4.69, 9.17) is 10.2 Å². The second-order valence-corrected chi connectivity index (χ2v) is 5.57. The van der Waals surface area contributed by atoms with Crippen LogP contribution >= 0.6 is 0 Å². The van der Waals surface area contributed by atoms with Crippen LogP contribution in [0.1, 0.15) is 84.0 Å². The number of carboxylic acids is 1. The van der Waals surface area contributed by atoms with Gasteiger partial charge < -0.3 is 10.2 Å². The minimum Gasteiger partial charge on any atom is -0.481 e. The van der Waals surface area contributed by atoms with E-state index in [-0.39, 0.29) is 13.0 Å². The number of rotatable bonds is 14. The van der Waals surface area contributed by atoms with Crippen LogP contribution in [-0.4, -0.2) is 22.8 Å². The van der Waals surface area contributed by atoms with Crippen LogP contribution in [0.2, 0.25) is 0 Å². The first-order valence-electron chi connectivity index (χ1n) is 8.03. The van der Waals surface area contributed by atoms with Crippen molar-refractivity contribution in [3.05, 3.63) is 0 Å². The van der Waals surface area contributed by atoms with E-state index in [9.17, 15) is 4.79 Å². The van der Waals surface area contributed by atoms with Crippen molar-refractivity contribution in [1.29, 1.82) is 0 Å². The number of hydrogen-bond donors (Lipinski definition) is 2. The topological polar surface area (TPSA) is 57.5 Å². The van der Waals surface area contributed by atoms with E-state index in [2.05, 4.69) is 6.92 Å². The first kappa shape index (κ1) is 18.4. The molecule has 0 fully saturated rings. The van der Waals surface area contributed by atoms with Crippen LogP contribution in [0.5, 0.6) is 0 Å². The van der Waals surface area contributed by atoms with Crippen molar-refractivity contribution in [2.45, 2.75) is 84.0 Å². The fourth-order valence-corrected chi connectivity index (χ4v) is 2.51. The number of aliphatic hydroxyl groups is 1. The highest BCUT2D eigenvalue weighted by Crippen LogP contribution is 2.20. The van der Waals surface area contributed by atoms with Gasteiger partial charge in [0.25, 0.3) is 0 Å². The maximum Gasteiger partial charge on any atom is 0.303 e. The largest absolute Gasteiger partial charge is 0.481 e. The molecule has 2 N–H and O–H groups in total. The third-order valence-electron chi connectivity index (χ3n) is 3.77. The van der Waals surface area contributed by atoms with Gasteiger partial charge in [0.1, 0.15) is 0 Å². The maximum absolute atomic E-state index is 10.5. The van der Waals surface area contributed by atoms with E-state index in [1.807, 2.05) is 0 Å². The lowest BCUT2D eigenvalue weighted by Crippen LogP contribution is -2.06. The number of carbonyl (C=O) groups is 1. The molecule has 0 aliphatic heterocycles. The van der Waals surface area contributed by atoms with Gasteiger partial charge in [0.2, 0.25) is 0 Å². The molecule has 0 heterocycles. The van der Waals surface area contributed by atoms with E-state index >= 15 is 0 Å². The van der Waals surface area contributed by atoms with Crippen molar-refractivity contribution >= 4 is 5.97 Å². The van der Waals surface area contributed by atoms with Crippen LogP contribution in [-0.2, 0) is 4.79 Å². The number of hydrogen-bond acceptors (Lipinski definition) is 2. The van der Waals surface area contributed by atoms with Gasteiger partial charge in [-0.2, -0.15) is 0 Å². The lowest BCUT2D eigenvalue weighted by atomic mass is 9.93. The second-order valence-electron chi connectivity index (χ2n) is 5.57. The van der Waals surface area contributed by atoms with Crippen LogP contribution in [0.25, 0.3) is 0 Å². The first-order chi connectivity index (χ1) is 9.20. The number of unbranched alkanes of at least 4 members (excludes halogenated alkanes) is 7. The van der Waals surface area contributed by atoms with E-state index < -0.39 is 5.97 Å². The highest BCUT2D eigenvalue weighted by Gasteiger charge is 2.10. The van der Waals surface area contributed by atoms with Crippen molar-refractivity contribution < 1.29 is 15.0 Å². The minimum absolute atomic E-state index is 0.182. The minimum atomic E-state index is -0.723. The molecule has 0 spiro atoms. The highest BCUT2D eigenvalue weighted by atomic mass is 16.4. The summed E-state index contributed by atoms with van der Waals surface area (Å²) in [4.78, 5) is 10.5. The number of carboxylic acid groups (broad SMARTS) is 1. The summed E-state index contributed by atoms with van der Waals surface area (Å²) in [6.45, 7) is 2.42. The standard InChI is InChI=1S/C16H32O3/c1-2-3-4-5-6-7-8-9-10-15(13-14-17)11-12-16(18)19/h15,17H,2-14H2,1H3,(H,18,19). The van der Waals surface area contributed by atoms with E-state index in [0.717, 1.165) is 12.8 Å². The smallest absolute Gasteiger partial charge is 0.303 e. The molecule has 0 aromatic heterocycles. The Kier molecular flexibility index (Phi) is 13.4. The molecule has 3 nitrogen and oxygen atoms in total. The molecule has 0 aromatic carbocycles. The molecule has 0 amide bonds. The highest BCUT2D eigenvalue weighted by molar-refractivity contribution is 5.66. The molecule has 1 atom stereocenters. The van der Waals surface area contributed by atoms with Crippen LogP contribution in [0.15, 0.2) is 0 Å². The predicted molar refractivity (Wildman–Crippen MR) is 79.3 cm³/mol. The Balaban J connectivity index is 3.44. The molecule has 3 heteroatoms. The fraction of sp³-hybridized carbons (Fsp3) is 0.938. The van der Waals surface area contributed by atoms with Gasteiger partial charge in [-0.1, -0.05) is 64.7 Å². The lowest BCUT2D eigenvalue weighted by molar-refractivity contribution is -0.137. The van der Waals surface area contributed by atoms with Gasteiger partial charge in [0.15, 0.2) is 0 Å². The Morgan fingerprint density at radius 3 is 2.00 bits per heavy atom. The molecule has 0 saturated carbocycles. The van der Waals surface area contributed by atoms with Gasteiger partial charge in [0.05, 0.1) is 0 Å². The Bertz CT molecular complexity index is 204. The first-order valence-corrected chi connectivity index (χ1v) is 8.03. The van der Waals surface area contributed by atoms with Crippen LogP contribution in [0.4, 0.5) is 0 Å². The Labute approximate surface area is 118 Å². The molecule has 0 rings (SSSR count). The monoisotopic (exact) mass is 272 g/mol. The summed E-state index contributed by atoms with van der Waals surface area (Å²) < 4.78 is 0. The van der Waals surface area contributed by atoms with Crippen molar-refractivity contribution in [1.82, 2.24) is 0 Å². The Morgan fingerprint density at radius 1 is 0.895 bits per heavy atom. The summed E-state index contributed by atoms with van der Waals surface area (Å²) in [5.41, 5.74) is 0. The summed E-state index contributed by atoms with van der Waals surface area (Å²) in [5, 5.41) is 17.7. The maximum atomic E-state index is 10.5. The zero-order valence-electron chi connectivity index (χ0n) is 12.6. The molecule has 0 aliphatic carbocycles. The SMILES string of the molecule is CCCCCCCCCCC(CCO)CCC(=O)O. The van der Waals surface area contributed by atoms with Gasteiger partial charge in [0, 0.05) is 13.0 Å². The predicted octanol–water partition coefficient (Wildman–Crippen LogP) is 4.38. The normalized spacial score (nSPS) is 12.5. The van der Waals surface area contributed by atoms with E-state index in [0.29, 0.717) is 12.3 Å². The summed E-state index contributed by atoms with van der Waals surface area (Å²) in [6.07, 6.45) is 13.2. The summed E-state index contributed by atoms with van der Waals surface area (Å²) in [7, 11) is 0. The quantitative estimate of drug-likeness (QED) is 0.461. The van der Waals surface area contributed by atoms with Crippen LogP contribution < -0.4 is 0 Å². The van der Waals surface area contributed by atoms with Gasteiger partial charge in [-0.15, -0.1) is 0 Å². The average molecular weight is 272 g/mol. The summed E-state index contributed by atoms with van der Waals surface area (Å²) in [5.74, 6) is -0.333. The van der Waals surface area contributed by atoms with Gasteiger partial charge in [-0.3, -0.25) is 4.79 Å². The van der Waals surface area contributed by atoms with Crippen LogP contribution in [0.3, 0.4) is 0 Å². The summed E-state index contributed by atoms with van der Waals surface area (Å²) >= 11 is 0. The molecule has 114 valence electrons. The third kappa shape index (κ3) is 13.7. The average Bonchev–Trinajstić information content (AvgIpc) is 2.38. The Morgan fingerprint density at radius 2 is 1.47 bits per heavy atom. The van der Waals surface area contributed by atoms with Gasteiger partial charge in [-0.05, 0) is 18.8 Å². The number of aliphatic hydroxyl groups excluding tert-OH is 1. The lowest BCUT2D eigenvalue weighted by Gasteiger charge is -2.14. The fourth-order valence-electron chi connectivity index (χ4n) is 2.51. The van der Waals surface area contributed by atoms with Crippen LogP contribution in [0, 0.1) is 5.92 Å². The van der Waals surface area contributed by atoms with Crippen molar-refractivity contribution in [3.63, 3.8) is 0 Å². The second kappa shape index (κ2) is 13.9. The van der Waals surface area contributed by atoms with E-state index in [1.165, 1.54) is 51.4 Å². The van der Waals surface area contributed by atoms with Crippen molar-refractivity contribution in [3.8, 4) is 0 Å². The zero-order chi connectivity index (χ0) is 14.3. The zero-order valence-corrected chi connectivity index (χ0v) is 12.6.